The van der Waals surface area contributed by atoms with Gasteiger partial charge in [-0.05, 0) is 25.1 Å². The highest BCUT2D eigenvalue weighted by atomic mass is 35.5. The lowest BCUT2D eigenvalue weighted by Gasteiger charge is -2.08. The number of benzene rings is 1. The highest BCUT2D eigenvalue weighted by Crippen LogP contribution is 2.27. The van der Waals surface area contributed by atoms with Crippen LogP contribution in [0.15, 0.2) is 24.4 Å². The van der Waals surface area contributed by atoms with Crippen LogP contribution in [0.5, 0.6) is 5.75 Å². The maximum absolute atomic E-state index is 11.7. The number of aryl methyl sites for hydroxylation is 1. The van der Waals surface area contributed by atoms with Crippen molar-refractivity contribution in [1.82, 2.24) is 10.3 Å². The van der Waals surface area contributed by atoms with Gasteiger partial charge < -0.3 is 10.1 Å². The highest BCUT2D eigenvalue weighted by molar-refractivity contribution is 7.11. The van der Waals surface area contributed by atoms with Crippen molar-refractivity contribution >= 4 is 40.4 Å². The van der Waals surface area contributed by atoms with Crippen LogP contribution in [-0.4, -0.2) is 24.0 Å². The summed E-state index contributed by atoms with van der Waals surface area (Å²) in [5.74, 6) is 0.237. The molecule has 0 spiro atoms. The third kappa shape index (κ3) is 5.19. The smallest absolute Gasteiger partial charge is 0.257 e. The summed E-state index contributed by atoms with van der Waals surface area (Å²) in [4.78, 5) is 17.1. The van der Waals surface area contributed by atoms with Crippen molar-refractivity contribution in [3.05, 3.63) is 44.3 Å². The van der Waals surface area contributed by atoms with Crippen LogP contribution in [0.25, 0.3) is 0 Å². The summed E-state index contributed by atoms with van der Waals surface area (Å²) in [6.07, 6.45) is 2.54. The molecule has 112 valence electrons. The van der Waals surface area contributed by atoms with Crippen LogP contribution in [0.1, 0.15) is 9.88 Å². The Labute approximate surface area is 137 Å². The van der Waals surface area contributed by atoms with Gasteiger partial charge in [0.25, 0.3) is 5.91 Å². The average Bonchev–Trinajstić information content (AvgIpc) is 2.83. The van der Waals surface area contributed by atoms with Gasteiger partial charge in [-0.25, -0.2) is 4.98 Å². The number of nitrogens with one attached hydrogen (secondary N) is 1. The minimum Gasteiger partial charge on any atom is -0.482 e. The summed E-state index contributed by atoms with van der Waals surface area (Å²) in [5, 5.41) is 4.69. The van der Waals surface area contributed by atoms with Crippen molar-refractivity contribution in [2.45, 2.75) is 13.3 Å². The summed E-state index contributed by atoms with van der Waals surface area (Å²) in [7, 11) is 0. The zero-order chi connectivity index (χ0) is 15.2. The molecular weight excluding hydrogens is 331 g/mol. The number of aromatic nitrogens is 1. The number of nitrogens with zero attached hydrogens (tertiary/aromatic N) is 1. The number of carbonyl (C=O) groups excluding carboxylic acids is 1. The average molecular weight is 345 g/mol. The predicted molar refractivity (Wildman–Crippen MR) is 85.5 cm³/mol. The molecule has 2 rings (SSSR count). The molecule has 0 unspecified atom stereocenters. The lowest BCUT2D eigenvalue weighted by Crippen LogP contribution is -2.30. The molecule has 0 aliphatic carbocycles. The van der Waals surface area contributed by atoms with Gasteiger partial charge in [0.05, 0.1) is 10.0 Å². The molecule has 1 aromatic heterocycles. The third-order valence-corrected chi connectivity index (χ3v) is 4.09. The molecule has 0 bridgehead atoms. The second-order valence-corrected chi connectivity index (χ2v) is 6.49. The lowest BCUT2D eigenvalue weighted by molar-refractivity contribution is -0.123. The quantitative estimate of drug-likeness (QED) is 0.872. The minimum atomic E-state index is -0.200. The van der Waals surface area contributed by atoms with E-state index in [9.17, 15) is 4.79 Å². The summed E-state index contributed by atoms with van der Waals surface area (Å²) < 4.78 is 5.34. The van der Waals surface area contributed by atoms with Gasteiger partial charge in [0.2, 0.25) is 0 Å². The number of halogens is 2. The Balaban J connectivity index is 1.72. The molecule has 0 saturated heterocycles. The largest absolute Gasteiger partial charge is 0.482 e. The van der Waals surface area contributed by atoms with Gasteiger partial charge in [-0.15, -0.1) is 11.3 Å². The number of amides is 1. The van der Waals surface area contributed by atoms with Crippen LogP contribution in [0.4, 0.5) is 0 Å². The van der Waals surface area contributed by atoms with Crippen molar-refractivity contribution in [3.8, 4) is 5.75 Å². The van der Waals surface area contributed by atoms with Crippen LogP contribution < -0.4 is 10.1 Å². The SMILES string of the molecule is Cc1cnc(CCNC(=O)COc2ccc(Cl)cc2Cl)s1. The summed E-state index contributed by atoms with van der Waals surface area (Å²) in [6.45, 7) is 2.45. The third-order valence-electron chi connectivity index (χ3n) is 2.58. The number of hydrogen-bond donors (Lipinski definition) is 1. The molecule has 0 atom stereocenters. The Kier molecular flexibility index (Phi) is 5.85. The molecule has 0 saturated carbocycles. The van der Waals surface area contributed by atoms with E-state index in [2.05, 4.69) is 10.3 Å². The van der Waals surface area contributed by atoms with Crippen molar-refractivity contribution in [2.24, 2.45) is 0 Å². The van der Waals surface area contributed by atoms with Crippen molar-refractivity contribution < 1.29 is 9.53 Å². The van der Waals surface area contributed by atoms with Gasteiger partial charge >= 0.3 is 0 Å². The Bertz CT molecular complexity index is 631. The molecule has 0 aliphatic heterocycles. The maximum Gasteiger partial charge on any atom is 0.257 e. The second-order valence-electron chi connectivity index (χ2n) is 4.33. The van der Waals surface area contributed by atoms with Gasteiger partial charge in [-0.2, -0.15) is 0 Å². The minimum absolute atomic E-state index is 0.0851. The van der Waals surface area contributed by atoms with Crippen molar-refractivity contribution in [3.63, 3.8) is 0 Å². The number of hydrogen-bond acceptors (Lipinski definition) is 4. The fraction of sp³-hybridized carbons (Fsp3) is 0.286. The zero-order valence-electron chi connectivity index (χ0n) is 11.4. The van der Waals surface area contributed by atoms with Crippen LogP contribution in [0.2, 0.25) is 10.0 Å². The molecule has 7 heteroatoms. The van der Waals surface area contributed by atoms with Gasteiger partial charge in [0, 0.05) is 29.1 Å². The van der Waals surface area contributed by atoms with Crippen LogP contribution >= 0.6 is 34.5 Å². The van der Waals surface area contributed by atoms with E-state index in [4.69, 9.17) is 27.9 Å². The molecule has 1 N–H and O–H groups in total. The zero-order valence-corrected chi connectivity index (χ0v) is 13.7. The Morgan fingerprint density at radius 2 is 2.24 bits per heavy atom. The van der Waals surface area contributed by atoms with E-state index in [1.807, 2.05) is 13.1 Å². The van der Waals surface area contributed by atoms with E-state index in [0.717, 1.165) is 9.88 Å². The Morgan fingerprint density at radius 3 is 2.90 bits per heavy atom. The molecule has 2 aromatic rings. The van der Waals surface area contributed by atoms with Gasteiger partial charge in [0.15, 0.2) is 6.61 Å². The molecular formula is C14H14Cl2N2O2S. The van der Waals surface area contributed by atoms with E-state index in [1.165, 1.54) is 0 Å². The molecule has 4 nitrogen and oxygen atoms in total. The van der Waals surface area contributed by atoms with Gasteiger partial charge in [-0.1, -0.05) is 23.2 Å². The first kappa shape index (κ1) is 16.1. The van der Waals surface area contributed by atoms with Crippen LogP contribution in [-0.2, 0) is 11.2 Å². The summed E-state index contributed by atoms with van der Waals surface area (Å²) >= 11 is 13.4. The van der Waals surface area contributed by atoms with E-state index < -0.39 is 0 Å². The standard InChI is InChI=1S/C14H14Cl2N2O2S/c1-9-7-18-14(21-9)4-5-17-13(19)8-20-12-3-2-10(15)6-11(12)16/h2-3,6-7H,4-5,8H2,1H3,(H,17,19). The number of ether oxygens (including phenoxy) is 1. The van der Waals surface area contributed by atoms with E-state index in [-0.39, 0.29) is 12.5 Å². The summed E-state index contributed by atoms with van der Waals surface area (Å²) in [6, 6.07) is 4.86. The van der Waals surface area contributed by atoms with E-state index in [1.54, 1.807) is 29.5 Å². The molecule has 21 heavy (non-hydrogen) atoms. The monoisotopic (exact) mass is 344 g/mol. The van der Waals surface area contributed by atoms with E-state index in [0.29, 0.717) is 28.8 Å². The molecule has 0 aliphatic rings. The first-order valence-corrected chi connectivity index (χ1v) is 7.87. The van der Waals surface area contributed by atoms with Crippen LogP contribution in [0, 0.1) is 6.92 Å². The molecule has 1 amide bonds. The normalized spacial score (nSPS) is 10.4. The number of carbonyl (C=O) groups is 1. The van der Waals surface area contributed by atoms with Gasteiger partial charge in [0.1, 0.15) is 5.75 Å². The van der Waals surface area contributed by atoms with Crippen molar-refractivity contribution in [1.29, 1.82) is 0 Å². The highest BCUT2D eigenvalue weighted by Gasteiger charge is 2.07. The fourth-order valence-corrected chi connectivity index (χ4v) is 2.86. The van der Waals surface area contributed by atoms with Crippen LogP contribution in [0.3, 0.4) is 0 Å². The number of rotatable bonds is 6. The Morgan fingerprint density at radius 1 is 1.43 bits per heavy atom. The molecule has 0 fully saturated rings. The summed E-state index contributed by atoms with van der Waals surface area (Å²) in [5.41, 5.74) is 0. The molecule has 0 radical (unpaired) electrons. The van der Waals surface area contributed by atoms with E-state index >= 15 is 0 Å². The molecule has 1 heterocycles. The predicted octanol–water partition coefficient (Wildman–Crippen LogP) is 3.50. The maximum atomic E-state index is 11.7. The lowest BCUT2D eigenvalue weighted by atomic mass is 10.3. The van der Waals surface area contributed by atoms with Crippen molar-refractivity contribution in [2.75, 3.05) is 13.2 Å². The van der Waals surface area contributed by atoms with Gasteiger partial charge in [-0.3, -0.25) is 4.79 Å². The fourth-order valence-electron chi connectivity index (χ4n) is 1.61. The Hall–Kier alpha value is -1.30. The number of thiazole rings is 1. The second kappa shape index (κ2) is 7.64. The molecule has 1 aromatic carbocycles. The first-order chi connectivity index (χ1) is 10.0. The topological polar surface area (TPSA) is 51.2 Å². The first-order valence-electron chi connectivity index (χ1n) is 6.30.